The molecule has 1 aromatic rings. The van der Waals surface area contributed by atoms with Crippen molar-refractivity contribution < 1.29 is 23.8 Å². The van der Waals surface area contributed by atoms with E-state index in [0.29, 0.717) is 19.4 Å². The molecule has 1 fully saturated rings. The van der Waals surface area contributed by atoms with Crippen LogP contribution < -0.4 is 4.74 Å². The third-order valence-electron chi connectivity index (χ3n) is 3.52. The third kappa shape index (κ3) is 4.18. The van der Waals surface area contributed by atoms with E-state index in [1.165, 1.54) is 12.1 Å². The first kappa shape index (κ1) is 15.3. The molecule has 0 unspecified atom stereocenters. The minimum atomic E-state index is -0.854. The highest BCUT2D eigenvalue weighted by Gasteiger charge is 2.30. The van der Waals surface area contributed by atoms with Crippen LogP contribution in [0.25, 0.3) is 0 Å². The maximum absolute atomic E-state index is 13.3. The minimum absolute atomic E-state index is 0.0733. The average Bonchev–Trinajstić information content (AvgIpc) is 2.95. The molecule has 0 saturated carbocycles. The predicted molar refractivity (Wildman–Crippen MR) is 73.5 cm³/mol. The number of ether oxygens (including phenoxy) is 1. The van der Waals surface area contributed by atoms with Gasteiger partial charge in [0, 0.05) is 19.5 Å². The molecule has 0 aromatic heterocycles. The Labute approximate surface area is 122 Å². The van der Waals surface area contributed by atoms with Crippen molar-refractivity contribution in [2.75, 3.05) is 19.7 Å². The van der Waals surface area contributed by atoms with Gasteiger partial charge in [-0.25, -0.2) is 4.39 Å². The molecule has 1 amide bonds. The summed E-state index contributed by atoms with van der Waals surface area (Å²) in [5.41, 5.74) is 0. The number of halogens is 1. The van der Waals surface area contributed by atoms with Gasteiger partial charge in [0.05, 0.1) is 12.5 Å². The van der Waals surface area contributed by atoms with E-state index in [1.54, 1.807) is 17.0 Å². The molecule has 5 nitrogen and oxygen atoms in total. The Balaban J connectivity index is 1.68. The number of likely N-dealkylation sites (tertiary alicyclic amines) is 1. The number of hydrogen-bond donors (Lipinski definition) is 1. The molecular formula is C15H18FNO4. The van der Waals surface area contributed by atoms with Crippen LogP contribution in [0.3, 0.4) is 0 Å². The van der Waals surface area contributed by atoms with E-state index in [1.807, 2.05) is 0 Å². The standard InChI is InChI=1S/C15H18FNO4/c16-12-4-1-2-5-13(12)21-9-3-6-14(18)17-8-7-11(10-17)15(19)20/h1-2,4-5,11H,3,6-10H2,(H,19,20)/t11-/m1/s1. The van der Waals surface area contributed by atoms with Gasteiger partial charge in [0.2, 0.25) is 5.91 Å². The molecule has 0 bridgehead atoms. The fourth-order valence-electron chi connectivity index (χ4n) is 2.31. The number of amides is 1. The molecule has 0 aliphatic carbocycles. The fraction of sp³-hybridized carbons (Fsp3) is 0.467. The molecule has 0 radical (unpaired) electrons. The van der Waals surface area contributed by atoms with Crippen molar-refractivity contribution in [1.82, 2.24) is 4.90 Å². The van der Waals surface area contributed by atoms with Crippen molar-refractivity contribution in [2.45, 2.75) is 19.3 Å². The lowest BCUT2D eigenvalue weighted by atomic mass is 10.1. The monoisotopic (exact) mass is 295 g/mol. The normalized spacial score (nSPS) is 17.8. The number of carboxylic acid groups (broad SMARTS) is 1. The highest BCUT2D eigenvalue weighted by atomic mass is 19.1. The van der Waals surface area contributed by atoms with Crippen LogP contribution in [-0.2, 0) is 9.59 Å². The van der Waals surface area contributed by atoms with Gasteiger partial charge < -0.3 is 14.7 Å². The second-order valence-electron chi connectivity index (χ2n) is 5.05. The Morgan fingerprint density at radius 2 is 2.14 bits per heavy atom. The number of carboxylic acids is 1. The summed E-state index contributed by atoms with van der Waals surface area (Å²) < 4.78 is 18.6. The molecule has 1 N–H and O–H groups in total. The van der Waals surface area contributed by atoms with Crippen LogP contribution in [0, 0.1) is 11.7 Å². The first-order valence-corrected chi connectivity index (χ1v) is 6.96. The summed E-state index contributed by atoms with van der Waals surface area (Å²) in [7, 11) is 0. The topological polar surface area (TPSA) is 66.8 Å². The molecule has 1 aliphatic rings. The lowest BCUT2D eigenvalue weighted by molar-refractivity contribution is -0.141. The van der Waals surface area contributed by atoms with E-state index in [0.717, 1.165) is 0 Å². The van der Waals surface area contributed by atoms with Gasteiger partial charge in [0.1, 0.15) is 0 Å². The van der Waals surface area contributed by atoms with Crippen LogP contribution in [0.1, 0.15) is 19.3 Å². The van der Waals surface area contributed by atoms with Crippen LogP contribution in [0.4, 0.5) is 4.39 Å². The van der Waals surface area contributed by atoms with Gasteiger partial charge in [-0.1, -0.05) is 12.1 Å². The summed E-state index contributed by atoms with van der Waals surface area (Å²) in [6, 6.07) is 6.11. The number of carbonyl (C=O) groups excluding carboxylic acids is 1. The molecule has 2 rings (SSSR count). The number of rotatable bonds is 6. The summed E-state index contributed by atoms with van der Waals surface area (Å²) in [6.45, 7) is 1.02. The minimum Gasteiger partial charge on any atom is -0.491 e. The molecule has 6 heteroatoms. The van der Waals surface area contributed by atoms with Gasteiger partial charge in [-0.05, 0) is 25.0 Å². The summed E-state index contributed by atoms with van der Waals surface area (Å²) in [6.07, 6.45) is 1.26. The maximum Gasteiger partial charge on any atom is 0.308 e. The van der Waals surface area contributed by atoms with Gasteiger partial charge in [-0.3, -0.25) is 9.59 Å². The van der Waals surface area contributed by atoms with Crippen LogP contribution in [0.15, 0.2) is 24.3 Å². The zero-order valence-electron chi connectivity index (χ0n) is 11.6. The van der Waals surface area contributed by atoms with E-state index < -0.39 is 17.7 Å². The average molecular weight is 295 g/mol. The van der Waals surface area contributed by atoms with Crippen molar-refractivity contribution in [2.24, 2.45) is 5.92 Å². The van der Waals surface area contributed by atoms with Gasteiger partial charge in [-0.15, -0.1) is 0 Å². The first-order valence-electron chi connectivity index (χ1n) is 6.96. The smallest absolute Gasteiger partial charge is 0.308 e. The van der Waals surface area contributed by atoms with Crippen LogP contribution in [-0.4, -0.2) is 41.6 Å². The molecule has 1 saturated heterocycles. The first-order chi connectivity index (χ1) is 10.1. The van der Waals surface area contributed by atoms with E-state index in [9.17, 15) is 14.0 Å². The van der Waals surface area contributed by atoms with E-state index >= 15 is 0 Å². The molecule has 1 aliphatic heterocycles. The Bertz CT molecular complexity index is 520. The second-order valence-corrected chi connectivity index (χ2v) is 5.05. The number of nitrogens with zero attached hydrogens (tertiary/aromatic N) is 1. The van der Waals surface area contributed by atoms with Crippen LogP contribution in [0.5, 0.6) is 5.75 Å². The molecular weight excluding hydrogens is 277 g/mol. The number of hydrogen-bond acceptors (Lipinski definition) is 3. The Kier molecular flexibility index (Phi) is 5.14. The summed E-state index contributed by atoms with van der Waals surface area (Å²) in [5, 5.41) is 8.89. The largest absolute Gasteiger partial charge is 0.491 e. The zero-order valence-corrected chi connectivity index (χ0v) is 11.6. The van der Waals surface area contributed by atoms with Crippen molar-refractivity contribution in [3.63, 3.8) is 0 Å². The van der Waals surface area contributed by atoms with Crippen LogP contribution in [0.2, 0.25) is 0 Å². The van der Waals surface area contributed by atoms with E-state index in [2.05, 4.69) is 0 Å². The van der Waals surface area contributed by atoms with E-state index in [4.69, 9.17) is 9.84 Å². The highest BCUT2D eigenvalue weighted by molar-refractivity contribution is 5.78. The Morgan fingerprint density at radius 1 is 1.38 bits per heavy atom. The van der Waals surface area contributed by atoms with Crippen molar-refractivity contribution in [1.29, 1.82) is 0 Å². The molecule has 114 valence electrons. The third-order valence-corrected chi connectivity index (χ3v) is 3.52. The van der Waals surface area contributed by atoms with Crippen molar-refractivity contribution in [3.8, 4) is 5.75 Å². The predicted octanol–water partition coefficient (Wildman–Crippen LogP) is 1.92. The molecule has 21 heavy (non-hydrogen) atoms. The SMILES string of the molecule is O=C(O)[C@@H]1CCN(C(=O)CCCOc2ccccc2F)C1. The fourth-order valence-corrected chi connectivity index (χ4v) is 2.31. The molecule has 1 heterocycles. The number of carbonyl (C=O) groups is 2. The summed E-state index contributed by atoms with van der Waals surface area (Å²) in [4.78, 5) is 24.3. The molecule has 0 spiro atoms. The lowest BCUT2D eigenvalue weighted by Crippen LogP contribution is -2.30. The zero-order chi connectivity index (χ0) is 15.2. The number of benzene rings is 1. The van der Waals surface area contributed by atoms with Gasteiger partial charge >= 0.3 is 5.97 Å². The van der Waals surface area contributed by atoms with Crippen molar-refractivity contribution >= 4 is 11.9 Å². The Hall–Kier alpha value is -2.11. The summed E-state index contributed by atoms with van der Waals surface area (Å²) in [5.74, 6) is -1.63. The van der Waals surface area contributed by atoms with Gasteiger partial charge in [0.15, 0.2) is 11.6 Å². The van der Waals surface area contributed by atoms with Crippen LogP contribution >= 0.6 is 0 Å². The second kappa shape index (κ2) is 7.06. The lowest BCUT2D eigenvalue weighted by Gasteiger charge is -2.15. The molecule has 1 aromatic carbocycles. The van der Waals surface area contributed by atoms with E-state index in [-0.39, 0.29) is 31.2 Å². The maximum atomic E-state index is 13.3. The number of aliphatic carboxylic acids is 1. The van der Waals surface area contributed by atoms with Gasteiger partial charge in [-0.2, -0.15) is 0 Å². The summed E-state index contributed by atoms with van der Waals surface area (Å²) >= 11 is 0. The highest BCUT2D eigenvalue weighted by Crippen LogP contribution is 2.18. The molecule has 1 atom stereocenters. The Morgan fingerprint density at radius 3 is 2.81 bits per heavy atom. The van der Waals surface area contributed by atoms with Gasteiger partial charge in [0.25, 0.3) is 0 Å². The van der Waals surface area contributed by atoms with Crippen molar-refractivity contribution in [3.05, 3.63) is 30.1 Å². The quantitative estimate of drug-likeness (QED) is 0.814. The number of para-hydroxylation sites is 1.